The monoisotopic (exact) mass is 298 g/mol. The van der Waals surface area contributed by atoms with E-state index in [-0.39, 0.29) is 29.6 Å². The number of benzene rings is 1. The van der Waals surface area contributed by atoms with E-state index in [9.17, 15) is 13.6 Å². The molecule has 1 N–H and O–H groups in total. The molecule has 0 spiro atoms. The smallest absolute Gasteiger partial charge is 0.221 e. The Morgan fingerprint density at radius 3 is 2.24 bits per heavy atom. The highest BCUT2D eigenvalue weighted by atomic mass is 19.1. The van der Waals surface area contributed by atoms with Crippen molar-refractivity contribution in [1.82, 2.24) is 10.2 Å². The number of nitrogens with one attached hydrogen (secondary N) is 1. The average Bonchev–Trinajstić information content (AvgIpc) is 2.89. The van der Waals surface area contributed by atoms with E-state index in [2.05, 4.69) is 5.32 Å². The van der Waals surface area contributed by atoms with Crippen LogP contribution in [0.1, 0.15) is 6.42 Å². The second-order valence-corrected chi connectivity index (χ2v) is 5.18. The molecule has 5 nitrogen and oxygen atoms in total. The lowest BCUT2D eigenvalue weighted by molar-refractivity contribution is -0.120. The molecule has 2 aliphatic heterocycles. The van der Waals surface area contributed by atoms with Crippen LogP contribution in [0.25, 0.3) is 0 Å². The number of halogens is 2. The van der Waals surface area contributed by atoms with Gasteiger partial charge in [-0.3, -0.25) is 9.69 Å². The normalized spacial score (nSPS) is 23.8. The minimum Gasteiger partial charge on any atom is -0.478 e. The third-order valence-electron chi connectivity index (χ3n) is 3.78. The molecule has 21 heavy (non-hydrogen) atoms. The summed E-state index contributed by atoms with van der Waals surface area (Å²) >= 11 is 0. The predicted octanol–water partition coefficient (Wildman–Crippen LogP) is 0.925. The molecule has 0 aromatic heterocycles. The Kier molecular flexibility index (Phi) is 3.67. The number of fused-ring (bicyclic) bond motifs is 2. The maximum atomic E-state index is 13.7. The van der Waals surface area contributed by atoms with Gasteiger partial charge >= 0.3 is 0 Å². The fourth-order valence-electron chi connectivity index (χ4n) is 2.65. The number of likely N-dealkylation sites (tertiary alicyclic amines) is 1. The highest BCUT2D eigenvalue weighted by Crippen LogP contribution is 2.40. The molecule has 1 aromatic carbocycles. The van der Waals surface area contributed by atoms with Crippen LogP contribution in [0.15, 0.2) is 12.1 Å². The molecule has 0 radical (unpaired) electrons. The van der Waals surface area contributed by atoms with Crippen LogP contribution < -0.4 is 14.8 Å². The van der Waals surface area contributed by atoms with E-state index < -0.39 is 11.6 Å². The zero-order valence-corrected chi connectivity index (χ0v) is 11.6. The number of amides is 1. The minimum atomic E-state index is -0.631. The fourth-order valence-corrected chi connectivity index (χ4v) is 2.65. The molecule has 1 fully saturated rings. The van der Waals surface area contributed by atoms with E-state index >= 15 is 0 Å². The number of ether oxygens (including phenoxy) is 2. The summed E-state index contributed by atoms with van der Waals surface area (Å²) in [4.78, 5) is 13.2. The van der Waals surface area contributed by atoms with Gasteiger partial charge in [0.2, 0.25) is 17.4 Å². The summed E-state index contributed by atoms with van der Waals surface area (Å²) in [5.74, 6) is -1.64. The SMILES string of the molecule is CNC(=O)CCN1C[C@@H]2Oc3c(F)ccc(F)c3O[C@@H]2C1. The zero-order chi connectivity index (χ0) is 15.0. The van der Waals surface area contributed by atoms with Crippen LogP contribution in [-0.4, -0.2) is 49.7 Å². The maximum absolute atomic E-state index is 13.7. The lowest BCUT2D eigenvalue weighted by Gasteiger charge is -2.28. The Hall–Kier alpha value is -1.89. The molecule has 2 atom stereocenters. The van der Waals surface area contributed by atoms with Crippen molar-refractivity contribution < 1.29 is 23.0 Å². The number of carbonyl (C=O) groups is 1. The largest absolute Gasteiger partial charge is 0.478 e. The Balaban J connectivity index is 1.69. The van der Waals surface area contributed by atoms with Crippen LogP contribution in [0.3, 0.4) is 0 Å². The first kappa shape index (κ1) is 14.1. The van der Waals surface area contributed by atoms with Crippen molar-refractivity contribution >= 4 is 5.91 Å². The second-order valence-electron chi connectivity index (χ2n) is 5.18. The Bertz CT molecular complexity index is 528. The van der Waals surface area contributed by atoms with Crippen molar-refractivity contribution in [1.29, 1.82) is 0 Å². The summed E-state index contributed by atoms with van der Waals surface area (Å²) < 4.78 is 38.4. The third kappa shape index (κ3) is 2.65. The van der Waals surface area contributed by atoms with Crippen LogP contribution in [0.2, 0.25) is 0 Å². The molecule has 0 unspecified atom stereocenters. The molecule has 2 aliphatic rings. The molecule has 7 heteroatoms. The van der Waals surface area contributed by atoms with Crippen molar-refractivity contribution in [3.8, 4) is 11.5 Å². The first-order chi connectivity index (χ1) is 10.1. The van der Waals surface area contributed by atoms with Gasteiger partial charge in [0.05, 0.1) is 0 Å². The van der Waals surface area contributed by atoms with Crippen molar-refractivity contribution in [2.75, 3.05) is 26.7 Å². The van der Waals surface area contributed by atoms with Gasteiger partial charge in [-0.05, 0) is 12.1 Å². The second kappa shape index (κ2) is 5.48. The predicted molar refractivity (Wildman–Crippen MR) is 70.3 cm³/mol. The standard InChI is InChI=1S/C14H16F2N2O3/c1-17-12(19)4-5-18-6-10-11(7-18)21-14-9(16)3-2-8(15)13(14)20-10/h2-3,10-11H,4-7H2,1H3,(H,17,19)/t10-,11+. The zero-order valence-electron chi connectivity index (χ0n) is 11.6. The lowest BCUT2D eigenvalue weighted by atomic mass is 10.2. The van der Waals surface area contributed by atoms with Crippen LogP contribution in [-0.2, 0) is 4.79 Å². The van der Waals surface area contributed by atoms with Gasteiger partial charge in [0.1, 0.15) is 12.2 Å². The Morgan fingerprint density at radius 1 is 1.24 bits per heavy atom. The molecular formula is C14H16F2N2O3. The van der Waals surface area contributed by atoms with Gasteiger partial charge in [0.25, 0.3) is 0 Å². The van der Waals surface area contributed by atoms with Gasteiger partial charge in [-0.1, -0.05) is 0 Å². The molecule has 2 heterocycles. The average molecular weight is 298 g/mol. The van der Waals surface area contributed by atoms with Crippen molar-refractivity contribution in [3.05, 3.63) is 23.8 Å². The Morgan fingerprint density at radius 2 is 1.76 bits per heavy atom. The molecular weight excluding hydrogens is 282 g/mol. The molecule has 1 amide bonds. The van der Waals surface area contributed by atoms with Gasteiger partial charge < -0.3 is 14.8 Å². The number of nitrogens with zero attached hydrogens (tertiary/aromatic N) is 1. The van der Waals surface area contributed by atoms with Crippen LogP contribution in [0.4, 0.5) is 8.78 Å². The molecule has 1 saturated heterocycles. The van der Waals surface area contributed by atoms with Crippen LogP contribution in [0.5, 0.6) is 11.5 Å². The molecule has 0 saturated carbocycles. The van der Waals surface area contributed by atoms with Crippen molar-refractivity contribution in [2.24, 2.45) is 0 Å². The van der Waals surface area contributed by atoms with E-state index in [1.54, 1.807) is 7.05 Å². The summed E-state index contributed by atoms with van der Waals surface area (Å²) in [6, 6.07) is 2.05. The first-order valence-corrected chi connectivity index (χ1v) is 6.82. The fraction of sp³-hybridized carbons (Fsp3) is 0.500. The van der Waals surface area contributed by atoms with E-state index in [4.69, 9.17) is 9.47 Å². The number of hydrogen-bond donors (Lipinski definition) is 1. The minimum absolute atomic E-state index is 0.0490. The molecule has 3 rings (SSSR count). The summed E-state index contributed by atoms with van der Waals surface area (Å²) in [7, 11) is 1.58. The van der Waals surface area contributed by atoms with Gasteiger partial charge in [-0.2, -0.15) is 0 Å². The van der Waals surface area contributed by atoms with Gasteiger partial charge in [0, 0.05) is 33.1 Å². The highest BCUT2D eigenvalue weighted by molar-refractivity contribution is 5.75. The van der Waals surface area contributed by atoms with Gasteiger partial charge in [0.15, 0.2) is 11.6 Å². The molecule has 0 bridgehead atoms. The summed E-state index contributed by atoms with van der Waals surface area (Å²) in [5, 5.41) is 2.55. The topological polar surface area (TPSA) is 50.8 Å². The third-order valence-corrected chi connectivity index (χ3v) is 3.78. The molecule has 0 aliphatic carbocycles. The van der Waals surface area contributed by atoms with E-state index in [0.717, 1.165) is 12.1 Å². The quantitative estimate of drug-likeness (QED) is 0.902. The highest BCUT2D eigenvalue weighted by Gasteiger charge is 2.41. The molecule has 114 valence electrons. The van der Waals surface area contributed by atoms with Crippen LogP contribution >= 0.6 is 0 Å². The summed E-state index contributed by atoms with van der Waals surface area (Å²) in [5.41, 5.74) is 0. The van der Waals surface area contributed by atoms with E-state index in [0.29, 0.717) is 26.1 Å². The number of hydrogen-bond acceptors (Lipinski definition) is 4. The van der Waals surface area contributed by atoms with Crippen LogP contribution in [0, 0.1) is 11.6 Å². The number of rotatable bonds is 3. The van der Waals surface area contributed by atoms with Gasteiger partial charge in [-0.25, -0.2) is 8.78 Å². The molecule has 1 aromatic rings. The van der Waals surface area contributed by atoms with Gasteiger partial charge in [-0.15, -0.1) is 0 Å². The summed E-state index contributed by atoms with van der Waals surface area (Å²) in [6.45, 7) is 1.61. The maximum Gasteiger partial charge on any atom is 0.221 e. The first-order valence-electron chi connectivity index (χ1n) is 6.82. The van der Waals surface area contributed by atoms with E-state index in [1.165, 1.54) is 0 Å². The lowest BCUT2D eigenvalue weighted by Crippen LogP contribution is -2.39. The Labute approximate surface area is 120 Å². The van der Waals surface area contributed by atoms with E-state index in [1.807, 2.05) is 4.90 Å². The number of carbonyl (C=O) groups excluding carboxylic acids is 1. The van der Waals surface area contributed by atoms with Crippen molar-refractivity contribution in [3.63, 3.8) is 0 Å². The van der Waals surface area contributed by atoms with Crippen molar-refractivity contribution in [2.45, 2.75) is 18.6 Å². The summed E-state index contributed by atoms with van der Waals surface area (Å²) in [6.07, 6.45) is -0.331.